The van der Waals surface area contributed by atoms with Gasteiger partial charge >= 0.3 is 0 Å². The van der Waals surface area contributed by atoms with Crippen LogP contribution in [0.4, 0.5) is 0 Å². The van der Waals surface area contributed by atoms with Crippen molar-refractivity contribution in [2.24, 2.45) is 4.99 Å². The van der Waals surface area contributed by atoms with Gasteiger partial charge in [-0.05, 0) is 26.0 Å². The minimum atomic E-state index is 0.104. The molecule has 0 fully saturated rings. The van der Waals surface area contributed by atoms with E-state index in [1.807, 2.05) is 11.8 Å². The molecule has 0 atom stereocenters. The van der Waals surface area contributed by atoms with Crippen LogP contribution in [0, 0.1) is 0 Å². The SMILES string of the molecule is CC1(C)CSC(c2ccc(Br)cc2)=N1. The lowest BCUT2D eigenvalue weighted by molar-refractivity contribution is 0.605. The van der Waals surface area contributed by atoms with Crippen LogP contribution in [-0.2, 0) is 0 Å². The predicted molar refractivity (Wildman–Crippen MR) is 67.2 cm³/mol. The highest BCUT2D eigenvalue weighted by molar-refractivity contribution is 9.10. The van der Waals surface area contributed by atoms with Crippen LogP contribution < -0.4 is 0 Å². The molecule has 1 heterocycles. The molecule has 0 unspecified atom stereocenters. The van der Waals surface area contributed by atoms with E-state index >= 15 is 0 Å². The molecule has 2 rings (SSSR count). The van der Waals surface area contributed by atoms with Crippen molar-refractivity contribution in [2.45, 2.75) is 19.4 Å². The molecule has 0 amide bonds. The molecule has 0 spiro atoms. The maximum atomic E-state index is 4.68. The number of benzene rings is 1. The fourth-order valence-electron chi connectivity index (χ4n) is 1.32. The molecule has 0 aromatic heterocycles. The Morgan fingerprint density at radius 3 is 2.43 bits per heavy atom. The van der Waals surface area contributed by atoms with Crippen LogP contribution in [0.5, 0.6) is 0 Å². The van der Waals surface area contributed by atoms with Gasteiger partial charge in [-0.3, -0.25) is 4.99 Å². The lowest BCUT2D eigenvalue weighted by Crippen LogP contribution is -2.15. The van der Waals surface area contributed by atoms with E-state index in [1.54, 1.807) is 0 Å². The van der Waals surface area contributed by atoms with Gasteiger partial charge in [-0.1, -0.05) is 28.1 Å². The van der Waals surface area contributed by atoms with Crippen LogP contribution in [0.15, 0.2) is 33.7 Å². The number of hydrogen-bond acceptors (Lipinski definition) is 2. The van der Waals surface area contributed by atoms with Gasteiger partial charge in [0.15, 0.2) is 0 Å². The van der Waals surface area contributed by atoms with Crippen molar-refractivity contribution >= 4 is 32.7 Å². The molecule has 3 heteroatoms. The third-order valence-electron chi connectivity index (χ3n) is 2.06. The average molecular weight is 270 g/mol. The number of thioether (sulfide) groups is 1. The highest BCUT2D eigenvalue weighted by Crippen LogP contribution is 2.30. The molecule has 74 valence electrons. The zero-order valence-electron chi connectivity index (χ0n) is 8.25. The predicted octanol–water partition coefficient (Wildman–Crippen LogP) is 3.72. The first-order valence-corrected chi connectivity index (χ1v) is 6.33. The molecular formula is C11H12BrNS. The van der Waals surface area contributed by atoms with Crippen LogP contribution in [0.25, 0.3) is 0 Å². The second-order valence-electron chi connectivity index (χ2n) is 4.02. The minimum Gasteiger partial charge on any atom is -0.271 e. The average Bonchev–Trinajstić information content (AvgIpc) is 2.47. The molecule has 0 saturated carbocycles. The van der Waals surface area contributed by atoms with E-state index in [2.05, 4.69) is 59.0 Å². The normalized spacial score (nSPS) is 19.5. The van der Waals surface area contributed by atoms with E-state index in [0.29, 0.717) is 0 Å². The third kappa shape index (κ3) is 2.20. The minimum absolute atomic E-state index is 0.104. The largest absolute Gasteiger partial charge is 0.271 e. The Kier molecular flexibility index (Phi) is 2.71. The Labute approximate surface area is 97.1 Å². The molecule has 0 bridgehead atoms. The van der Waals surface area contributed by atoms with Gasteiger partial charge in [-0.25, -0.2) is 0 Å². The summed E-state index contributed by atoms with van der Waals surface area (Å²) < 4.78 is 1.11. The van der Waals surface area contributed by atoms with Gasteiger partial charge in [0.2, 0.25) is 0 Å². The fourth-order valence-corrected chi connectivity index (χ4v) is 2.76. The van der Waals surface area contributed by atoms with Crippen LogP contribution in [0.1, 0.15) is 19.4 Å². The van der Waals surface area contributed by atoms with E-state index in [-0.39, 0.29) is 5.54 Å². The zero-order valence-corrected chi connectivity index (χ0v) is 10.7. The molecule has 0 radical (unpaired) electrons. The summed E-state index contributed by atoms with van der Waals surface area (Å²) in [7, 11) is 0. The number of aliphatic imine (C=N–C) groups is 1. The van der Waals surface area contributed by atoms with Crippen LogP contribution in [-0.4, -0.2) is 16.3 Å². The lowest BCUT2D eigenvalue weighted by atomic mass is 10.1. The summed E-state index contributed by atoms with van der Waals surface area (Å²) in [5.74, 6) is 1.08. The van der Waals surface area contributed by atoms with Gasteiger partial charge in [0, 0.05) is 15.8 Å². The van der Waals surface area contributed by atoms with Crippen molar-refractivity contribution in [1.82, 2.24) is 0 Å². The quantitative estimate of drug-likeness (QED) is 0.757. The summed E-state index contributed by atoms with van der Waals surface area (Å²) in [4.78, 5) is 4.68. The Morgan fingerprint density at radius 1 is 1.29 bits per heavy atom. The zero-order chi connectivity index (χ0) is 10.2. The van der Waals surface area contributed by atoms with Gasteiger partial charge in [-0.15, -0.1) is 11.8 Å². The smallest absolute Gasteiger partial charge is 0.0984 e. The van der Waals surface area contributed by atoms with Crippen molar-refractivity contribution in [3.63, 3.8) is 0 Å². The molecule has 0 saturated heterocycles. The Morgan fingerprint density at radius 2 is 1.93 bits per heavy atom. The summed E-state index contributed by atoms with van der Waals surface area (Å²) in [5.41, 5.74) is 1.33. The summed E-state index contributed by atoms with van der Waals surface area (Å²) in [5, 5.41) is 1.17. The molecule has 0 aliphatic carbocycles. The van der Waals surface area contributed by atoms with Crippen LogP contribution >= 0.6 is 27.7 Å². The first-order chi connectivity index (χ1) is 6.57. The summed E-state index contributed by atoms with van der Waals surface area (Å²) in [6, 6.07) is 8.34. The lowest BCUT2D eigenvalue weighted by Gasteiger charge is -2.09. The number of hydrogen-bond donors (Lipinski definition) is 0. The van der Waals surface area contributed by atoms with E-state index in [9.17, 15) is 0 Å². The van der Waals surface area contributed by atoms with Gasteiger partial charge in [-0.2, -0.15) is 0 Å². The third-order valence-corrected chi connectivity index (χ3v) is 4.04. The van der Waals surface area contributed by atoms with Gasteiger partial charge in [0.1, 0.15) is 0 Å². The summed E-state index contributed by atoms with van der Waals surface area (Å²) >= 11 is 5.27. The van der Waals surface area contributed by atoms with Crippen molar-refractivity contribution in [1.29, 1.82) is 0 Å². The Bertz CT molecular complexity index is 367. The maximum Gasteiger partial charge on any atom is 0.0984 e. The van der Waals surface area contributed by atoms with E-state index in [4.69, 9.17) is 0 Å². The monoisotopic (exact) mass is 269 g/mol. The molecule has 1 aliphatic rings. The molecule has 0 N–H and O–H groups in total. The Balaban J connectivity index is 2.29. The number of halogens is 1. The van der Waals surface area contributed by atoms with E-state index < -0.39 is 0 Å². The second kappa shape index (κ2) is 3.70. The van der Waals surface area contributed by atoms with E-state index in [0.717, 1.165) is 10.2 Å². The maximum absolute atomic E-state index is 4.68. The fraction of sp³-hybridized carbons (Fsp3) is 0.364. The van der Waals surface area contributed by atoms with Gasteiger partial charge in [0.05, 0.1) is 10.6 Å². The van der Waals surface area contributed by atoms with Crippen molar-refractivity contribution in [3.8, 4) is 0 Å². The van der Waals surface area contributed by atoms with Crippen molar-refractivity contribution in [2.75, 3.05) is 5.75 Å². The van der Waals surface area contributed by atoms with Crippen LogP contribution in [0.2, 0.25) is 0 Å². The second-order valence-corrected chi connectivity index (χ2v) is 5.90. The summed E-state index contributed by atoms with van der Waals surface area (Å²) in [6.45, 7) is 4.34. The molecule has 1 nitrogen and oxygen atoms in total. The number of rotatable bonds is 1. The van der Waals surface area contributed by atoms with Gasteiger partial charge < -0.3 is 0 Å². The molecule has 1 aliphatic heterocycles. The van der Waals surface area contributed by atoms with Crippen molar-refractivity contribution < 1.29 is 0 Å². The summed E-state index contributed by atoms with van der Waals surface area (Å²) in [6.07, 6.45) is 0. The highest BCUT2D eigenvalue weighted by atomic mass is 79.9. The highest BCUT2D eigenvalue weighted by Gasteiger charge is 2.25. The molecule has 1 aromatic carbocycles. The first-order valence-electron chi connectivity index (χ1n) is 4.55. The molecule has 1 aromatic rings. The first kappa shape index (κ1) is 10.2. The number of nitrogens with zero attached hydrogens (tertiary/aromatic N) is 1. The van der Waals surface area contributed by atoms with Crippen LogP contribution in [0.3, 0.4) is 0 Å². The Hall–Kier alpha value is -0.280. The van der Waals surface area contributed by atoms with Crippen molar-refractivity contribution in [3.05, 3.63) is 34.3 Å². The molecular weight excluding hydrogens is 258 g/mol. The van der Waals surface area contributed by atoms with E-state index in [1.165, 1.54) is 10.6 Å². The topological polar surface area (TPSA) is 12.4 Å². The van der Waals surface area contributed by atoms with Gasteiger partial charge in [0.25, 0.3) is 0 Å². The molecule has 14 heavy (non-hydrogen) atoms. The standard InChI is InChI=1S/C11H12BrNS/c1-11(2)7-14-10(13-11)8-3-5-9(12)6-4-8/h3-6H,7H2,1-2H3.